The minimum Gasteiger partial charge on any atom is -0.490 e. The number of rotatable bonds is 11. The van der Waals surface area contributed by atoms with Gasteiger partial charge in [0, 0.05) is 30.4 Å². The number of thioether (sulfide) groups is 1. The number of aliphatic imine (C=N–C) groups is 1. The first-order valence-electron chi connectivity index (χ1n) is 11.6. The molecule has 0 amide bonds. The van der Waals surface area contributed by atoms with Crippen molar-refractivity contribution in [3.63, 3.8) is 0 Å². The van der Waals surface area contributed by atoms with Crippen LogP contribution in [0.5, 0.6) is 11.5 Å². The standard InChI is InChI=1S/C24H35N3O3S/c1-3-29-21-12-17-10-11-26-24(20(17)13-22(21)30-4-2)23(14-25)31-16-19(28)15-27-18-8-6-5-7-9-18/h12-13,18-19,23,27-28H,3-11,15-16H2,1-2H3. The molecule has 2 atom stereocenters. The summed E-state index contributed by atoms with van der Waals surface area (Å²) in [4.78, 5) is 4.70. The third-order valence-electron chi connectivity index (χ3n) is 5.78. The third-order valence-corrected chi connectivity index (χ3v) is 7.02. The predicted octanol–water partition coefficient (Wildman–Crippen LogP) is 3.74. The largest absolute Gasteiger partial charge is 0.490 e. The van der Waals surface area contributed by atoms with Gasteiger partial charge in [0.15, 0.2) is 11.5 Å². The maximum atomic E-state index is 10.5. The van der Waals surface area contributed by atoms with E-state index >= 15 is 0 Å². The van der Waals surface area contributed by atoms with Gasteiger partial charge in [0.05, 0.1) is 31.1 Å². The Kier molecular flexibility index (Phi) is 9.51. The summed E-state index contributed by atoms with van der Waals surface area (Å²) in [7, 11) is 0. The summed E-state index contributed by atoms with van der Waals surface area (Å²) >= 11 is 1.47. The summed E-state index contributed by atoms with van der Waals surface area (Å²) in [6.07, 6.45) is 6.59. The van der Waals surface area contributed by atoms with Crippen molar-refractivity contribution in [2.45, 2.75) is 69.8 Å². The van der Waals surface area contributed by atoms with Crippen LogP contribution in [0, 0.1) is 11.3 Å². The zero-order valence-electron chi connectivity index (χ0n) is 18.7. The lowest BCUT2D eigenvalue weighted by molar-refractivity contribution is 0.185. The van der Waals surface area contributed by atoms with Gasteiger partial charge in [-0.05, 0) is 50.8 Å². The lowest BCUT2D eigenvalue weighted by Crippen LogP contribution is -2.38. The molecular formula is C24H35N3O3S. The fourth-order valence-corrected chi connectivity index (χ4v) is 5.21. The Balaban J connectivity index is 1.64. The van der Waals surface area contributed by atoms with Crippen LogP contribution in [0.15, 0.2) is 17.1 Å². The van der Waals surface area contributed by atoms with Crippen LogP contribution in [0.25, 0.3) is 0 Å². The normalized spacial score (nSPS) is 18.5. The smallest absolute Gasteiger partial charge is 0.161 e. The Morgan fingerprint density at radius 3 is 2.58 bits per heavy atom. The highest BCUT2D eigenvalue weighted by Crippen LogP contribution is 2.35. The number of nitrogens with zero attached hydrogens (tertiary/aromatic N) is 2. The molecule has 1 aromatic rings. The van der Waals surface area contributed by atoms with Gasteiger partial charge in [0.25, 0.3) is 0 Å². The zero-order chi connectivity index (χ0) is 22.1. The summed E-state index contributed by atoms with van der Waals surface area (Å²) in [6, 6.07) is 6.91. The van der Waals surface area contributed by atoms with Crippen molar-refractivity contribution in [2.75, 3.05) is 32.1 Å². The first kappa shape index (κ1) is 23.9. The Morgan fingerprint density at radius 2 is 1.90 bits per heavy atom. The number of aliphatic hydroxyl groups is 1. The molecule has 31 heavy (non-hydrogen) atoms. The number of nitrogens with one attached hydrogen (secondary N) is 1. The van der Waals surface area contributed by atoms with E-state index in [0.29, 0.717) is 43.8 Å². The van der Waals surface area contributed by atoms with Crippen molar-refractivity contribution in [2.24, 2.45) is 4.99 Å². The van der Waals surface area contributed by atoms with Crippen LogP contribution in [0.1, 0.15) is 57.1 Å². The van der Waals surface area contributed by atoms with E-state index in [1.54, 1.807) is 0 Å². The van der Waals surface area contributed by atoms with Crippen molar-refractivity contribution in [3.8, 4) is 17.6 Å². The van der Waals surface area contributed by atoms with Gasteiger partial charge in [-0.15, -0.1) is 11.8 Å². The van der Waals surface area contributed by atoms with Gasteiger partial charge in [0.1, 0.15) is 5.25 Å². The topological polar surface area (TPSA) is 86.9 Å². The minimum atomic E-state index is -0.481. The highest BCUT2D eigenvalue weighted by Gasteiger charge is 2.26. The minimum absolute atomic E-state index is 0.421. The summed E-state index contributed by atoms with van der Waals surface area (Å²) in [5.74, 6) is 1.94. The molecule has 2 N–H and O–H groups in total. The Morgan fingerprint density at radius 1 is 1.19 bits per heavy atom. The number of ether oxygens (including phenoxy) is 2. The van der Waals surface area contributed by atoms with Gasteiger partial charge in [-0.2, -0.15) is 5.26 Å². The lowest BCUT2D eigenvalue weighted by Gasteiger charge is -2.25. The second kappa shape index (κ2) is 12.3. The molecule has 0 saturated heterocycles. The molecule has 170 valence electrons. The number of aliphatic hydroxyl groups excluding tert-OH is 1. The molecule has 1 heterocycles. The fraction of sp³-hybridized carbons (Fsp3) is 0.667. The Bertz CT molecular complexity index is 787. The number of hydrogen-bond acceptors (Lipinski definition) is 7. The molecule has 1 aromatic carbocycles. The van der Waals surface area contributed by atoms with Crippen molar-refractivity contribution in [1.29, 1.82) is 5.26 Å². The average molecular weight is 446 g/mol. The van der Waals surface area contributed by atoms with Crippen LogP contribution in [-0.2, 0) is 6.42 Å². The highest BCUT2D eigenvalue weighted by molar-refractivity contribution is 8.00. The number of hydrogen-bond donors (Lipinski definition) is 2. The van der Waals surface area contributed by atoms with Crippen LogP contribution in [0.2, 0.25) is 0 Å². The van der Waals surface area contributed by atoms with Gasteiger partial charge in [0.2, 0.25) is 0 Å². The van der Waals surface area contributed by atoms with Crippen molar-refractivity contribution in [3.05, 3.63) is 23.3 Å². The van der Waals surface area contributed by atoms with E-state index in [4.69, 9.17) is 14.5 Å². The fourth-order valence-electron chi connectivity index (χ4n) is 4.24. The van der Waals surface area contributed by atoms with Crippen LogP contribution >= 0.6 is 11.8 Å². The average Bonchev–Trinajstić information content (AvgIpc) is 2.79. The molecule has 1 fully saturated rings. The molecule has 6 nitrogen and oxygen atoms in total. The van der Waals surface area contributed by atoms with E-state index in [1.807, 2.05) is 26.0 Å². The highest BCUT2D eigenvalue weighted by atomic mass is 32.2. The van der Waals surface area contributed by atoms with Gasteiger partial charge in [-0.3, -0.25) is 4.99 Å². The van der Waals surface area contributed by atoms with Crippen LogP contribution < -0.4 is 14.8 Å². The molecule has 1 aliphatic carbocycles. The molecule has 0 bridgehead atoms. The second-order valence-corrected chi connectivity index (χ2v) is 9.22. The van der Waals surface area contributed by atoms with Crippen LogP contribution in [0.4, 0.5) is 0 Å². The lowest BCUT2D eigenvalue weighted by atomic mass is 9.95. The maximum Gasteiger partial charge on any atom is 0.161 e. The Hall–Kier alpha value is -1.75. The van der Waals surface area contributed by atoms with Gasteiger partial charge >= 0.3 is 0 Å². The quantitative estimate of drug-likeness (QED) is 0.540. The van der Waals surface area contributed by atoms with Crippen LogP contribution in [-0.4, -0.2) is 60.3 Å². The van der Waals surface area contributed by atoms with E-state index in [0.717, 1.165) is 29.0 Å². The van der Waals surface area contributed by atoms with Gasteiger partial charge in [-0.25, -0.2) is 0 Å². The zero-order valence-corrected chi connectivity index (χ0v) is 19.5. The van der Waals surface area contributed by atoms with E-state index in [1.165, 1.54) is 43.9 Å². The number of fused-ring (bicyclic) bond motifs is 1. The van der Waals surface area contributed by atoms with Gasteiger partial charge in [-0.1, -0.05) is 19.3 Å². The molecule has 2 unspecified atom stereocenters. The maximum absolute atomic E-state index is 10.5. The molecule has 1 aliphatic heterocycles. The van der Waals surface area contributed by atoms with Crippen LogP contribution in [0.3, 0.4) is 0 Å². The van der Waals surface area contributed by atoms with E-state index in [9.17, 15) is 10.4 Å². The molecule has 3 rings (SSSR count). The van der Waals surface area contributed by atoms with Crippen molar-refractivity contribution >= 4 is 17.5 Å². The first-order chi connectivity index (χ1) is 15.2. The predicted molar refractivity (Wildman–Crippen MR) is 127 cm³/mol. The molecular weight excluding hydrogens is 410 g/mol. The second-order valence-electron chi connectivity index (χ2n) is 8.08. The monoisotopic (exact) mass is 445 g/mol. The molecule has 1 saturated carbocycles. The summed E-state index contributed by atoms with van der Waals surface area (Å²) in [6.45, 7) is 6.25. The summed E-state index contributed by atoms with van der Waals surface area (Å²) < 4.78 is 11.5. The summed E-state index contributed by atoms with van der Waals surface area (Å²) in [5.41, 5.74) is 2.88. The Labute approximate surface area is 190 Å². The first-order valence-corrected chi connectivity index (χ1v) is 12.6. The molecule has 0 radical (unpaired) electrons. The number of benzene rings is 1. The van der Waals surface area contributed by atoms with Crippen molar-refractivity contribution in [1.82, 2.24) is 5.32 Å². The molecule has 0 aromatic heterocycles. The number of nitriles is 1. The third kappa shape index (κ3) is 6.61. The van der Waals surface area contributed by atoms with E-state index in [2.05, 4.69) is 11.4 Å². The van der Waals surface area contributed by atoms with Crippen molar-refractivity contribution < 1.29 is 14.6 Å². The molecule has 7 heteroatoms. The summed E-state index contributed by atoms with van der Waals surface area (Å²) in [5, 5.41) is 23.4. The molecule has 0 spiro atoms. The molecule has 2 aliphatic rings. The van der Waals surface area contributed by atoms with E-state index in [-0.39, 0.29) is 0 Å². The van der Waals surface area contributed by atoms with Gasteiger partial charge < -0.3 is 19.9 Å². The van der Waals surface area contributed by atoms with E-state index < -0.39 is 11.4 Å². The SMILES string of the molecule is CCOc1cc2c(cc1OCC)C(C(C#N)SCC(O)CNC1CCCCC1)=NCC2.